The Bertz CT molecular complexity index is 2020. The summed E-state index contributed by atoms with van der Waals surface area (Å²) < 4.78 is 19.6. The van der Waals surface area contributed by atoms with Crippen LogP contribution in [-0.4, -0.2) is 103 Å². The number of benzene rings is 3. The molecule has 11 nitrogen and oxygen atoms in total. The molecule has 0 aliphatic carbocycles. The van der Waals surface area contributed by atoms with E-state index in [1.165, 1.54) is 37.2 Å². The number of nitrogens with zero attached hydrogens (tertiary/aromatic N) is 7. The van der Waals surface area contributed by atoms with Gasteiger partial charge in [0, 0.05) is 74.8 Å². The molecule has 256 valence electrons. The van der Waals surface area contributed by atoms with Gasteiger partial charge in [-0.25, -0.2) is 4.98 Å². The molecule has 2 saturated heterocycles. The Morgan fingerprint density at radius 1 is 0.878 bits per heavy atom. The van der Waals surface area contributed by atoms with Crippen LogP contribution in [0.15, 0.2) is 60.9 Å². The fraction of sp³-hybridized carbons (Fsp3) is 0.405. The standard InChI is InChI=1S/C37H46N9O2P/c1-6-25-23-31(33(48-3)24-32(25)46-17-13-26(14-18-46)45-21-19-44(2)20-22-45)42-37-41-28-10-8-7-9-27(28)36(43-37)40-30-12-11-29-34(39-16-15-38-29)35(30)49(4,5)47/h7-12,15-16,23-24,26H,6,13-14,17-22H2,1-5H3,(H2,40,41,42,43). The lowest BCUT2D eigenvalue weighted by molar-refractivity contribution is 0.0982. The molecule has 0 unspecified atom stereocenters. The first-order chi connectivity index (χ1) is 23.7. The van der Waals surface area contributed by atoms with Crippen molar-refractivity contribution in [2.75, 3.05) is 82.3 Å². The molecule has 7 rings (SSSR count). The molecule has 2 aliphatic heterocycles. The van der Waals surface area contributed by atoms with Crippen molar-refractivity contribution in [2.24, 2.45) is 0 Å². The van der Waals surface area contributed by atoms with E-state index in [0.717, 1.165) is 54.9 Å². The normalized spacial score (nSPS) is 16.7. The van der Waals surface area contributed by atoms with Crippen LogP contribution >= 0.6 is 7.14 Å². The number of hydrogen-bond donors (Lipinski definition) is 2. The molecule has 0 bridgehead atoms. The lowest BCUT2D eigenvalue weighted by atomic mass is 9.99. The van der Waals surface area contributed by atoms with E-state index < -0.39 is 7.14 Å². The van der Waals surface area contributed by atoms with Crippen LogP contribution in [0.25, 0.3) is 21.9 Å². The number of piperazine rings is 1. The second-order valence-corrected chi connectivity index (χ2v) is 16.6. The maximum atomic E-state index is 13.6. The number of anilines is 5. The lowest BCUT2D eigenvalue weighted by Gasteiger charge is -2.43. The van der Waals surface area contributed by atoms with Gasteiger partial charge in [-0.2, -0.15) is 4.98 Å². The Morgan fingerprint density at radius 2 is 1.63 bits per heavy atom. The summed E-state index contributed by atoms with van der Waals surface area (Å²) in [6.07, 6.45) is 6.51. The van der Waals surface area contributed by atoms with Gasteiger partial charge in [0.1, 0.15) is 24.2 Å². The van der Waals surface area contributed by atoms with Crippen LogP contribution in [0, 0.1) is 0 Å². The third-order valence-corrected chi connectivity index (χ3v) is 11.4. The summed E-state index contributed by atoms with van der Waals surface area (Å²) in [7, 11) is 1.16. The van der Waals surface area contributed by atoms with E-state index in [2.05, 4.69) is 61.4 Å². The van der Waals surface area contributed by atoms with Gasteiger partial charge in [-0.05, 0) is 75.5 Å². The molecule has 0 radical (unpaired) electrons. The highest BCUT2D eigenvalue weighted by Crippen LogP contribution is 2.42. The molecule has 3 aromatic carbocycles. The zero-order valence-electron chi connectivity index (χ0n) is 29.1. The Balaban J connectivity index is 1.18. The van der Waals surface area contributed by atoms with Crippen LogP contribution < -0.4 is 25.6 Å². The summed E-state index contributed by atoms with van der Waals surface area (Å²) >= 11 is 0. The average Bonchev–Trinajstić information content (AvgIpc) is 3.11. The maximum Gasteiger partial charge on any atom is 0.229 e. The Morgan fingerprint density at radius 3 is 2.37 bits per heavy atom. The highest BCUT2D eigenvalue weighted by Gasteiger charge is 2.28. The topological polar surface area (TPSA) is 112 Å². The first kappa shape index (κ1) is 33.2. The van der Waals surface area contributed by atoms with Crippen molar-refractivity contribution < 1.29 is 9.30 Å². The van der Waals surface area contributed by atoms with Crippen LogP contribution in [0.2, 0.25) is 0 Å². The van der Waals surface area contributed by atoms with Gasteiger partial charge >= 0.3 is 0 Å². The molecule has 5 aromatic rings. The quantitative estimate of drug-likeness (QED) is 0.177. The smallest absolute Gasteiger partial charge is 0.229 e. The highest BCUT2D eigenvalue weighted by molar-refractivity contribution is 7.71. The van der Waals surface area contributed by atoms with Crippen molar-refractivity contribution in [3.8, 4) is 5.75 Å². The average molecular weight is 680 g/mol. The van der Waals surface area contributed by atoms with E-state index in [1.807, 2.05) is 36.4 Å². The molecule has 2 aromatic heterocycles. The molecule has 2 N–H and O–H groups in total. The number of fused-ring (bicyclic) bond motifs is 2. The lowest BCUT2D eigenvalue weighted by Crippen LogP contribution is -2.52. The van der Waals surface area contributed by atoms with E-state index in [9.17, 15) is 4.57 Å². The summed E-state index contributed by atoms with van der Waals surface area (Å²) in [5.41, 5.74) is 6.08. The highest BCUT2D eigenvalue weighted by atomic mass is 31.2. The minimum Gasteiger partial charge on any atom is -0.494 e. The summed E-state index contributed by atoms with van der Waals surface area (Å²) in [5, 5.41) is 8.47. The van der Waals surface area contributed by atoms with Gasteiger partial charge in [0.05, 0.1) is 34.8 Å². The maximum absolute atomic E-state index is 13.6. The SMILES string of the molecule is CCc1cc(Nc2nc(Nc3ccc4nccnc4c3P(C)(C)=O)c3ccccc3n2)c(OC)cc1N1CCC(N2CCN(C)CC2)CC1. The summed E-state index contributed by atoms with van der Waals surface area (Å²) in [4.78, 5) is 26.5. The minimum absolute atomic E-state index is 0.431. The van der Waals surface area contributed by atoms with E-state index >= 15 is 0 Å². The predicted molar refractivity (Wildman–Crippen MR) is 201 cm³/mol. The zero-order valence-corrected chi connectivity index (χ0v) is 30.0. The summed E-state index contributed by atoms with van der Waals surface area (Å²) in [6.45, 7) is 12.4. The number of aryl methyl sites for hydroxylation is 1. The number of rotatable bonds is 9. The van der Waals surface area contributed by atoms with Crippen LogP contribution in [0.3, 0.4) is 0 Å². The predicted octanol–water partition coefficient (Wildman–Crippen LogP) is 6.10. The molecule has 2 fully saturated rings. The molecule has 0 saturated carbocycles. The molecule has 4 heterocycles. The Labute approximate surface area is 288 Å². The van der Waals surface area contributed by atoms with Crippen molar-refractivity contribution in [3.05, 3.63) is 66.5 Å². The molecule has 0 amide bonds. The Hall–Kier alpha value is -4.31. The second kappa shape index (κ2) is 13.9. The third kappa shape index (κ3) is 6.93. The van der Waals surface area contributed by atoms with E-state index in [4.69, 9.17) is 14.7 Å². The van der Waals surface area contributed by atoms with E-state index in [-0.39, 0.29) is 0 Å². The van der Waals surface area contributed by atoms with Crippen LogP contribution in [0.4, 0.5) is 28.8 Å². The van der Waals surface area contributed by atoms with Gasteiger partial charge in [-0.15, -0.1) is 0 Å². The first-order valence-corrected chi connectivity index (χ1v) is 19.8. The van der Waals surface area contributed by atoms with Crippen LogP contribution in [0.5, 0.6) is 5.75 Å². The van der Waals surface area contributed by atoms with Crippen molar-refractivity contribution in [1.29, 1.82) is 0 Å². The Kier molecular flexibility index (Phi) is 9.42. The molecule has 0 spiro atoms. The minimum atomic E-state index is -2.76. The fourth-order valence-electron chi connectivity index (χ4n) is 7.26. The number of para-hydroxylation sites is 1. The van der Waals surface area contributed by atoms with Gasteiger partial charge in [-0.3, -0.25) is 14.9 Å². The van der Waals surface area contributed by atoms with Gasteiger partial charge in [0.15, 0.2) is 0 Å². The third-order valence-electron chi connectivity index (χ3n) is 9.90. The van der Waals surface area contributed by atoms with Crippen molar-refractivity contribution in [2.45, 2.75) is 32.2 Å². The van der Waals surface area contributed by atoms with E-state index in [0.29, 0.717) is 39.8 Å². The number of methoxy groups -OCH3 is 1. The van der Waals surface area contributed by atoms with Crippen LogP contribution in [0.1, 0.15) is 25.3 Å². The number of aromatic nitrogens is 4. The van der Waals surface area contributed by atoms with Gasteiger partial charge in [-0.1, -0.05) is 19.1 Å². The first-order valence-electron chi connectivity index (χ1n) is 17.2. The molecule has 0 atom stereocenters. The van der Waals surface area contributed by atoms with Crippen LogP contribution in [-0.2, 0) is 11.0 Å². The molecule has 49 heavy (non-hydrogen) atoms. The van der Waals surface area contributed by atoms with Gasteiger partial charge < -0.3 is 29.7 Å². The monoisotopic (exact) mass is 679 g/mol. The molecule has 2 aliphatic rings. The molecular weight excluding hydrogens is 633 g/mol. The van der Waals surface area contributed by atoms with Gasteiger partial charge in [0.25, 0.3) is 0 Å². The zero-order chi connectivity index (χ0) is 34.1. The van der Waals surface area contributed by atoms with Gasteiger partial charge in [0.2, 0.25) is 5.95 Å². The van der Waals surface area contributed by atoms with E-state index in [1.54, 1.807) is 32.8 Å². The number of ether oxygens (including phenoxy) is 1. The number of likely N-dealkylation sites (N-methyl/N-ethyl adjacent to an activating group) is 1. The van der Waals surface area contributed by atoms with Crippen molar-refractivity contribution in [1.82, 2.24) is 29.7 Å². The fourth-order valence-corrected chi connectivity index (χ4v) is 8.65. The number of piperidine rings is 1. The second-order valence-electron chi connectivity index (χ2n) is 13.5. The number of hydrogen-bond acceptors (Lipinski definition) is 11. The van der Waals surface area contributed by atoms with Crippen molar-refractivity contribution >= 4 is 63.2 Å². The van der Waals surface area contributed by atoms with Crippen molar-refractivity contribution in [3.63, 3.8) is 0 Å². The summed E-state index contributed by atoms with van der Waals surface area (Å²) in [5.74, 6) is 1.77. The molecular formula is C37H46N9O2P. The number of nitrogens with one attached hydrogen (secondary N) is 2. The molecule has 12 heteroatoms. The largest absolute Gasteiger partial charge is 0.494 e. The summed E-state index contributed by atoms with van der Waals surface area (Å²) in [6, 6.07) is 16.7.